The summed E-state index contributed by atoms with van der Waals surface area (Å²) in [5.74, 6) is -0.177. The lowest BCUT2D eigenvalue weighted by molar-refractivity contribution is 0.0697. The van der Waals surface area contributed by atoms with Gasteiger partial charge in [-0.05, 0) is 18.2 Å². The van der Waals surface area contributed by atoms with Gasteiger partial charge in [-0.2, -0.15) is 0 Å². The van der Waals surface area contributed by atoms with Crippen LogP contribution in [-0.4, -0.2) is 46.1 Å². The molecule has 1 aromatic heterocycles. The Morgan fingerprint density at radius 3 is 2.80 bits per heavy atom. The fourth-order valence-corrected chi connectivity index (χ4v) is 2.33. The fraction of sp³-hybridized carbons (Fsp3) is 0.429. The summed E-state index contributed by atoms with van der Waals surface area (Å²) < 4.78 is 6.99. The summed E-state index contributed by atoms with van der Waals surface area (Å²) in [7, 11) is 1.57. The number of nitrogens with zero attached hydrogens (tertiary/aromatic N) is 2. The third-order valence-electron chi connectivity index (χ3n) is 3.26. The molecule has 1 unspecified atom stereocenters. The van der Waals surface area contributed by atoms with Gasteiger partial charge in [0.15, 0.2) is 0 Å². The van der Waals surface area contributed by atoms with Gasteiger partial charge in [0.1, 0.15) is 5.82 Å². The molecule has 0 saturated carbocycles. The number of rotatable bonds is 6. The van der Waals surface area contributed by atoms with E-state index in [-0.39, 0.29) is 18.2 Å². The highest BCUT2D eigenvalue weighted by atomic mass is 16.5. The SMILES string of the molecule is CCc1nc2ccc(C(=O)O)cc2n1C(CO)COC. The van der Waals surface area contributed by atoms with Gasteiger partial charge in [0.2, 0.25) is 0 Å². The van der Waals surface area contributed by atoms with Crippen molar-refractivity contribution in [2.75, 3.05) is 20.3 Å². The highest BCUT2D eigenvalue weighted by Gasteiger charge is 2.19. The number of carboxylic acids is 1. The van der Waals surface area contributed by atoms with E-state index in [4.69, 9.17) is 9.84 Å². The molecule has 20 heavy (non-hydrogen) atoms. The van der Waals surface area contributed by atoms with E-state index >= 15 is 0 Å². The Kier molecular flexibility index (Phi) is 4.36. The number of aromatic carboxylic acids is 1. The highest BCUT2D eigenvalue weighted by molar-refractivity contribution is 5.92. The number of carbonyl (C=O) groups is 1. The monoisotopic (exact) mass is 278 g/mol. The Morgan fingerprint density at radius 2 is 2.25 bits per heavy atom. The van der Waals surface area contributed by atoms with E-state index in [0.717, 1.165) is 11.3 Å². The lowest BCUT2D eigenvalue weighted by atomic mass is 10.2. The molecule has 2 rings (SSSR count). The molecule has 0 aliphatic carbocycles. The highest BCUT2D eigenvalue weighted by Crippen LogP contribution is 2.23. The summed E-state index contributed by atoms with van der Waals surface area (Å²) in [5.41, 5.74) is 1.63. The second-order valence-electron chi connectivity index (χ2n) is 4.55. The molecule has 0 aliphatic heterocycles. The van der Waals surface area contributed by atoms with Crippen LogP contribution in [0.25, 0.3) is 11.0 Å². The maximum Gasteiger partial charge on any atom is 0.335 e. The zero-order valence-electron chi connectivity index (χ0n) is 11.5. The Hall–Kier alpha value is -1.92. The van der Waals surface area contributed by atoms with E-state index < -0.39 is 5.97 Å². The molecule has 0 amide bonds. The standard InChI is InChI=1S/C14H18N2O4/c1-3-13-15-11-5-4-9(14(18)19)6-12(11)16(13)10(7-17)8-20-2/h4-6,10,17H,3,7-8H2,1-2H3,(H,18,19). The lowest BCUT2D eigenvalue weighted by Crippen LogP contribution is -2.20. The summed E-state index contributed by atoms with van der Waals surface area (Å²) in [6.45, 7) is 2.22. The van der Waals surface area contributed by atoms with Crippen molar-refractivity contribution < 1.29 is 19.7 Å². The molecular formula is C14H18N2O4. The number of hydrogen-bond acceptors (Lipinski definition) is 4. The van der Waals surface area contributed by atoms with Gasteiger partial charge in [-0.1, -0.05) is 6.92 Å². The Bertz CT molecular complexity index is 621. The topological polar surface area (TPSA) is 84.6 Å². The third kappa shape index (κ3) is 2.52. The average molecular weight is 278 g/mol. The van der Waals surface area contributed by atoms with Gasteiger partial charge in [0, 0.05) is 13.5 Å². The molecule has 6 heteroatoms. The van der Waals surface area contributed by atoms with Crippen LogP contribution in [0.5, 0.6) is 0 Å². The summed E-state index contributed by atoms with van der Waals surface area (Å²) in [6.07, 6.45) is 0.692. The summed E-state index contributed by atoms with van der Waals surface area (Å²) in [6, 6.07) is 4.53. The Labute approximate surface area is 116 Å². The number of aryl methyl sites for hydroxylation is 1. The van der Waals surface area contributed by atoms with Gasteiger partial charge in [0.05, 0.1) is 35.9 Å². The number of aliphatic hydroxyl groups is 1. The van der Waals surface area contributed by atoms with Crippen LogP contribution in [0.4, 0.5) is 0 Å². The number of ether oxygens (including phenoxy) is 1. The van der Waals surface area contributed by atoms with Crippen LogP contribution >= 0.6 is 0 Å². The number of fused-ring (bicyclic) bond motifs is 1. The molecular weight excluding hydrogens is 260 g/mol. The number of hydrogen-bond donors (Lipinski definition) is 2. The molecule has 0 spiro atoms. The average Bonchev–Trinajstić information content (AvgIpc) is 2.82. The van der Waals surface area contributed by atoms with Gasteiger partial charge in [-0.25, -0.2) is 9.78 Å². The third-order valence-corrected chi connectivity index (χ3v) is 3.26. The van der Waals surface area contributed by atoms with Gasteiger partial charge in [0.25, 0.3) is 0 Å². The minimum Gasteiger partial charge on any atom is -0.478 e. The number of methoxy groups -OCH3 is 1. The number of aromatic nitrogens is 2. The first-order valence-corrected chi connectivity index (χ1v) is 6.46. The van der Waals surface area contributed by atoms with Gasteiger partial charge >= 0.3 is 5.97 Å². The van der Waals surface area contributed by atoms with Crippen LogP contribution in [0.1, 0.15) is 29.1 Å². The van der Waals surface area contributed by atoms with Crippen molar-refractivity contribution in [2.24, 2.45) is 0 Å². The zero-order valence-corrected chi connectivity index (χ0v) is 11.5. The predicted molar refractivity (Wildman–Crippen MR) is 74.1 cm³/mol. The summed E-state index contributed by atoms with van der Waals surface area (Å²) >= 11 is 0. The molecule has 0 saturated heterocycles. The largest absolute Gasteiger partial charge is 0.478 e. The maximum atomic E-state index is 11.1. The van der Waals surface area contributed by atoms with Crippen LogP contribution in [-0.2, 0) is 11.2 Å². The van der Waals surface area contributed by atoms with Crippen molar-refractivity contribution in [3.63, 3.8) is 0 Å². The molecule has 1 aromatic carbocycles. The summed E-state index contributed by atoms with van der Waals surface area (Å²) in [5, 5.41) is 18.6. The van der Waals surface area contributed by atoms with Gasteiger partial charge in [-0.3, -0.25) is 0 Å². The van der Waals surface area contributed by atoms with Crippen molar-refractivity contribution in [2.45, 2.75) is 19.4 Å². The van der Waals surface area contributed by atoms with Crippen molar-refractivity contribution in [3.8, 4) is 0 Å². The first-order chi connectivity index (χ1) is 9.62. The van der Waals surface area contributed by atoms with Crippen LogP contribution in [0.15, 0.2) is 18.2 Å². The number of carboxylic acid groups (broad SMARTS) is 1. The minimum absolute atomic E-state index is 0.0937. The smallest absolute Gasteiger partial charge is 0.335 e. The minimum atomic E-state index is -0.981. The van der Waals surface area contributed by atoms with Crippen LogP contribution in [0, 0.1) is 0 Å². The molecule has 2 aromatic rings. The predicted octanol–water partition coefficient (Wildman–Crippen LogP) is 1.48. The second-order valence-corrected chi connectivity index (χ2v) is 4.55. The summed E-state index contributed by atoms with van der Waals surface area (Å²) in [4.78, 5) is 15.6. The van der Waals surface area contributed by atoms with Crippen molar-refractivity contribution in [3.05, 3.63) is 29.6 Å². The molecule has 0 radical (unpaired) electrons. The second kappa shape index (κ2) is 6.02. The Morgan fingerprint density at radius 1 is 1.50 bits per heavy atom. The molecule has 0 aliphatic rings. The quantitative estimate of drug-likeness (QED) is 0.836. The molecule has 0 fully saturated rings. The van der Waals surface area contributed by atoms with E-state index in [1.165, 1.54) is 6.07 Å². The zero-order chi connectivity index (χ0) is 14.7. The first-order valence-electron chi connectivity index (χ1n) is 6.46. The van der Waals surface area contributed by atoms with E-state index in [9.17, 15) is 9.90 Å². The number of imidazole rings is 1. The van der Waals surface area contributed by atoms with Crippen molar-refractivity contribution >= 4 is 17.0 Å². The first kappa shape index (κ1) is 14.5. The molecule has 1 heterocycles. The number of benzene rings is 1. The molecule has 108 valence electrons. The van der Waals surface area contributed by atoms with Gasteiger partial charge < -0.3 is 19.5 Å². The van der Waals surface area contributed by atoms with Crippen molar-refractivity contribution in [1.82, 2.24) is 9.55 Å². The molecule has 2 N–H and O–H groups in total. The van der Waals surface area contributed by atoms with Crippen LogP contribution in [0.2, 0.25) is 0 Å². The normalized spacial score (nSPS) is 12.8. The van der Waals surface area contributed by atoms with E-state index in [1.807, 2.05) is 11.5 Å². The maximum absolute atomic E-state index is 11.1. The number of aliphatic hydroxyl groups excluding tert-OH is 1. The Balaban J connectivity index is 2.64. The van der Waals surface area contributed by atoms with E-state index in [0.29, 0.717) is 18.5 Å². The fourth-order valence-electron chi connectivity index (χ4n) is 2.33. The molecule has 0 bridgehead atoms. The van der Waals surface area contributed by atoms with Crippen molar-refractivity contribution in [1.29, 1.82) is 0 Å². The van der Waals surface area contributed by atoms with E-state index in [2.05, 4.69) is 4.98 Å². The van der Waals surface area contributed by atoms with Crippen LogP contribution < -0.4 is 0 Å². The molecule has 1 atom stereocenters. The van der Waals surface area contributed by atoms with Gasteiger partial charge in [-0.15, -0.1) is 0 Å². The van der Waals surface area contributed by atoms with E-state index in [1.54, 1.807) is 19.2 Å². The van der Waals surface area contributed by atoms with Crippen LogP contribution in [0.3, 0.4) is 0 Å². The lowest BCUT2D eigenvalue weighted by Gasteiger charge is -2.18. The molecule has 6 nitrogen and oxygen atoms in total.